The van der Waals surface area contributed by atoms with Gasteiger partial charge in [-0.1, -0.05) is 13.8 Å². The molecule has 1 fully saturated rings. The molecule has 1 saturated carbocycles. The first kappa shape index (κ1) is 16.2. The van der Waals surface area contributed by atoms with Crippen LogP contribution in [0.25, 0.3) is 0 Å². The van der Waals surface area contributed by atoms with Gasteiger partial charge in [0.1, 0.15) is 0 Å². The zero-order valence-corrected chi connectivity index (χ0v) is 14.1. The van der Waals surface area contributed by atoms with Gasteiger partial charge in [-0.15, -0.1) is 0 Å². The Hall–Kier alpha value is -1.14. The minimum atomic E-state index is -3.56. The third-order valence-electron chi connectivity index (χ3n) is 4.49. The minimum absolute atomic E-state index is 0.0646. The molecular weight excluding hydrogens is 286 g/mol. The number of nitrogens with one attached hydrogen (secondary N) is 1. The fourth-order valence-corrected chi connectivity index (χ4v) is 4.39. The number of hydrogen-bond donors (Lipinski definition) is 1. The molecule has 6 heteroatoms. The Labute approximate surface area is 127 Å². The molecule has 21 heavy (non-hydrogen) atoms. The molecule has 0 saturated heterocycles. The van der Waals surface area contributed by atoms with Crippen LogP contribution in [0.15, 0.2) is 23.4 Å². The highest BCUT2D eigenvalue weighted by molar-refractivity contribution is 7.89. The average Bonchev–Trinajstić information content (AvgIpc) is 2.46. The molecule has 0 aliphatic heterocycles. The average molecular weight is 311 g/mol. The second-order valence-electron chi connectivity index (χ2n) is 6.52. The molecule has 0 aromatic carbocycles. The summed E-state index contributed by atoms with van der Waals surface area (Å²) in [5, 5.41) is 3.02. The topological polar surface area (TPSA) is 62.3 Å². The van der Waals surface area contributed by atoms with Gasteiger partial charge in [-0.2, -0.15) is 4.31 Å². The van der Waals surface area contributed by atoms with E-state index in [9.17, 15) is 8.42 Å². The molecule has 1 N–H and O–H groups in total. The lowest BCUT2D eigenvalue weighted by Gasteiger charge is -2.37. The van der Waals surface area contributed by atoms with E-state index in [0.29, 0.717) is 11.1 Å². The lowest BCUT2D eigenvalue weighted by molar-refractivity contribution is 0.174. The fourth-order valence-electron chi connectivity index (χ4n) is 2.87. The van der Waals surface area contributed by atoms with Gasteiger partial charge < -0.3 is 5.32 Å². The van der Waals surface area contributed by atoms with E-state index in [1.54, 1.807) is 26.2 Å². The molecule has 0 amide bonds. The summed E-state index contributed by atoms with van der Waals surface area (Å²) >= 11 is 0. The predicted molar refractivity (Wildman–Crippen MR) is 84.8 cm³/mol. The van der Waals surface area contributed by atoms with Gasteiger partial charge in [0.25, 0.3) is 10.0 Å². The molecule has 0 unspecified atom stereocenters. The number of rotatable bonds is 4. The molecule has 1 heterocycles. The number of hydrogen-bond acceptors (Lipinski definition) is 4. The first-order chi connectivity index (χ1) is 9.78. The Bertz CT molecular complexity index is 589. The van der Waals surface area contributed by atoms with Crippen molar-refractivity contribution in [3.8, 4) is 0 Å². The summed E-state index contributed by atoms with van der Waals surface area (Å²) in [6, 6.07) is 3.53. The molecule has 5 nitrogen and oxygen atoms in total. The number of aromatic nitrogens is 1. The van der Waals surface area contributed by atoms with Gasteiger partial charge in [0.15, 0.2) is 5.03 Å². The van der Waals surface area contributed by atoms with Crippen molar-refractivity contribution in [3.63, 3.8) is 0 Å². The Balaban J connectivity index is 2.23. The first-order valence-electron chi connectivity index (χ1n) is 7.39. The number of sulfonamides is 1. The fraction of sp³-hybridized carbons (Fsp3) is 0.667. The summed E-state index contributed by atoms with van der Waals surface area (Å²) in [6.45, 7) is 4.49. The van der Waals surface area contributed by atoms with Crippen molar-refractivity contribution >= 4 is 15.7 Å². The normalized spacial score (nSPS) is 19.7. The lowest BCUT2D eigenvalue weighted by atomic mass is 9.76. The molecular formula is C15H25N3O2S. The molecule has 1 aromatic heterocycles. The third-order valence-corrected chi connectivity index (χ3v) is 6.36. The van der Waals surface area contributed by atoms with Gasteiger partial charge in [-0.3, -0.25) is 0 Å². The van der Waals surface area contributed by atoms with Crippen LogP contribution in [0, 0.1) is 5.41 Å². The second kappa shape index (κ2) is 5.93. The summed E-state index contributed by atoms with van der Waals surface area (Å²) in [4.78, 5) is 4.07. The van der Waals surface area contributed by atoms with Crippen LogP contribution < -0.4 is 5.32 Å². The second-order valence-corrected chi connectivity index (χ2v) is 8.44. The van der Waals surface area contributed by atoms with Crippen LogP contribution >= 0.6 is 0 Å². The molecule has 0 bridgehead atoms. The van der Waals surface area contributed by atoms with Crippen LogP contribution in [0.5, 0.6) is 0 Å². The SMILES string of the molecule is CNc1cccnc1S(=O)(=O)N(C)C1CCC(C)(C)CC1. The standard InChI is InChI=1S/C15H25N3O2S/c1-15(2)9-7-12(8-10-15)18(4)21(19,20)14-13(16-3)6-5-11-17-14/h5-6,11-12,16H,7-10H2,1-4H3. The lowest BCUT2D eigenvalue weighted by Crippen LogP contribution is -2.41. The number of nitrogens with zero attached hydrogens (tertiary/aromatic N) is 2. The van der Waals surface area contributed by atoms with Crippen LogP contribution in [0.2, 0.25) is 0 Å². The van der Waals surface area contributed by atoms with Crippen molar-refractivity contribution in [3.05, 3.63) is 18.3 Å². The quantitative estimate of drug-likeness (QED) is 0.928. The molecule has 0 atom stereocenters. The highest BCUT2D eigenvalue weighted by Gasteiger charge is 2.35. The minimum Gasteiger partial charge on any atom is -0.386 e. The number of anilines is 1. The summed E-state index contributed by atoms with van der Waals surface area (Å²) in [6.07, 6.45) is 5.44. The molecule has 2 rings (SSSR count). The van der Waals surface area contributed by atoms with Crippen LogP contribution in [0.3, 0.4) is 0 Å². The van der Waals surface area contributed by atoms with E-state index in [-0.39, 0.29) is 11.1 Å². The Kier molecular flexibility index (Phi) is 4.58. The van der Waals surface area contributed by atoms with Crippen molar-refractivity contribution in [2.75, 3.05) is 19.4 Å². The van der Waals surface area contributed by atoms with Crippen molar-refractivity contribution in [1.82, 2.24) is 9.29 Å². The highest BCUT2D eigenvalue weighted by atomic mass is 32.2. The molecule has 1 aromatic rings. The summed E-state index contributed by atoms with van der Waals surface area (Å²) in [5.41, 5.74) is 0.864. The van der Waals surface area contributed by atoms with E-state index in [1.807, 2.05) is 0 Å². The Morgan fingerprint density at radius 1 is 1.33 bits per heavy atom. The van der Waals surface area contributed by atoms with Gasteiger partial charge in [0.05, 0.1) is 5.69 Å². The summed E-state index contributed by atoms with van der Waals surface area (Å²) < 4.78 is 27.1. The van der Waals surface area contributed by atoms with Crippen LogP contribution in [0.1, 0.15) is 39.5 Å². The zero-order valence-electron chi connectivity index (χ0n) is 13.3. The molecule has 0 radical (unpaired) electrons. The summed E-state index contributed by atoms with van der Waals surface area (Å²) in [7, 11) is -0.178. The predicted octanol–water partition coefficient (Wildman–Crippen LogP) is 2.71. The number of pyridine rings is 1. The van der Waals surface area contributed by atoms with E-state index in [4.69, 9.17) is 0 Å². The Morgan fingerprint density at radius 2 is 1.95 bits per heavy atom. The van der Waals surface area contributed by atoms with E-state index < -0.39 is 10.0 Å². The van der Waals surface area contributed by atoms with Crippen molar-refractivity contribution < 1.29 is 8.42 Å². The molecule has 1 aliphatic rings. The molecule has 0 spiro atoms. The van der Waals surface area contributed by atoms with Gasteiger partial charge in [0, 0.05) is 26.3 Å². The van der Waals surface area contributed by atoms with Crippen LogP contribution in [-0.2, 0) is 10.0 Å². The molecule has 118 valence electrons. The van der Waals surface area contributed by atoms with E-state index in [2.05, 4.69) is 24.1 Å². The maximum atomic E-state index is 12.8. The molecule has 1 aliphatic carbocycles. The van der Waals surface area contributed by atoms with E-state index in [1.165, 1.54) is 10.5 Å². The van der Waals surface area contributed by atoms with Gasteiger partial charge in [0.2, 0.25) is 0 Å². The summed E-state index contributed by atoms with van der Waals surface area (Å²) in [5.74, 6) is 0. The maximum absolute atomic E-state index is 12.8. The van der Waals surface area contributed by atoms with Crippen molar-refractivity contribution in [1.29, 1.82) is 0 Å². The first-order valence-corrected chi connectivity index (χ1v) is 8.83. The largest absolute Gasteiger partial charge is 0.386 e. The maximum Gasteiger partial charge on any atom is 0.262 e. The monoisotopic (exact) mass is 311 g/mol. The van der Waals surface area contributed by atoms with Crippen molar-refractivity contribution in [2.24, 2.45) is 5.41 Å². The van der Waals surface area contributed by atoms with Gasteiger partial charge >= 0.3 is 0 Å². The smallest absolute Gasteiger partial charge is 0.262 e. The van der Waals surface area contributed by atoms with Crippen molar-refractivity contribution in [2.45, 2.75) is 50.6 Å². The van der Waals surface area contributed by atoms with Crippen LogP contribution in [-0.4, -0.2) is 37.8 Å². The third kappa shape index (κ3) is 3.37. The van der Waals surface area contributed by atoms with Crippen LogP contribution in [0.4, 0.5) is 5.69 Å². The Morgan fingerprint density at radius 3 is 2.52 bits per heavy atom. The van der Waals surface area contributed by atoms with E-state index in [0.717, 1.165) is 25.7 Å². The highest BCUT2D eigenvalue weighted by Crippen LogP contribution is 2.38. The van der Waals surface area contributed by atoms with Gasteiger partial charge in [-0.05, 0) is 43.2 Å². The zero-order chi connectivity index (χ0) is 15.7. The van der Waals surface area contributed by atoms with Gasteiger partial charge in [-0.25, -0.2) is 13.4 Å². The van der Waals surface area contributed by atoms with E-state index >= 15 is 0 Å².